The predicted octanol–water partition coefficient (Wildman–Crippen LogP) is 2.10. The van der Waals surface area contributed by atoms with E-state index in [1.807, 2.05) is 34.6 Å². The molecule has 25 heavy (non-hydrogen) atoms. The Morgan fingerprint density at radius 1 is 1.20 bits per heavy atom. The third-order valence-electron chi connectivity index (χ3n) is 3.54. The average molecular weight is 503 g/mol. The van der Waals surface area contributed by atoms with E-state index in [4.69, 9.17) is 0 Å². The molecule has 1 heterocycles. The number of halogens is 1. The Morgan fingerprint density at radius 2 is 1.84 bits per heavy atom. The molecular formula is C15H30IN5O2S2. The molecule has 1 aromatic rings. The second-order valence-corrected chi connectivity index (χ2v) is 8.65. The molecule has 0 bridgehead atoms. The predicted molar refractivity (Wildman–Crippen MR) is 117 cm³/mol. The first-order chi connectivity index (χ1) is 11.3. The van der Waals surface area contributed by atoms with Crippen molar-refractivity contribution in [2.45, 2.75) is 41.2 Å². The molecule has 1 rings (SSSR count). The van der Waals surface area contributed by atoms with Crippen LogP contribution in [0.2, 0.25) is 0 Å². The summed E-state index contributed by atoms with van der Waals surface area (Å²) >= 11 is 1.64. The molecule has 0 fully saturated rings. The van der Waals surface area contributed by atoms with Gasteiger partial charge in [-0.3, -0.25) is 0 Å². The maximum Gasteiger partial charge on any atom is 0.215 e. The van der Waals surface area contributed by atoms with E-state index in [0.717, 1.165) is 10.7 Å². The minimum Gasteiger partial charge on any atom is -0.357 e. The first-order valence-corrected chi connectivity index (χ1v) is 10.7. The lowest BCUT2D eigenvalue weighted by atomic mass is 10.4. The van der Waals surface area contributed by atoms with Crippen molar-refractivity contribution < 1.29 is 8.42 Å². The summed E-state index contributed by atoms with van der Waals surface area (Å²) in [5.41, 5.74) is 1.04. The van der Waals surface area contributed by atoms with Gasteiger partial charge < -0.3 is 10.6 Å². The molecule has 0 spiro atoms. The van der Waals surface area contributed by atoms with Gasteiger partial charge in [-0.05, 0) is 20.8 Å². The molecule has 0 atom stereocenters. The fraction of sp³-hybridized carbons (Fsp3) is 0.733. The van der Waals surface area contributed by atoms with Gasteiger partial charge in [0.05, 0.1) is 18.0 Å². The SMILES string of the molecule is CCNC(=NCc1nc(C)c(C)s1)NCCS(=O)(=O)N(CC)CC.I. The van der Waals surface area contributed by atoms with E-state index >= 15 is 0 Å². The molecule has 0 saturated carbocycles. The lowest BCUT2D eigenvalue weighted by Crippen LogP contribution is -2.42. The van der Waals surface area contributed by atoms with Crippen LogP contribution in [0.4, 0.5) is 0 Å². The summed E-state index contributed by atoms with van der Waals surface area (Å²) in [4.78, 5) is 10.1. The maximum atomic E-state index is 12.2. The van der Waals surface area contributed by atoms with Crippen LogP contribution in [0.3, 0.4) is 0 Å². The standard InChI is InChI=1S/C15H29N5O2S2.HI/c1-6-16-15(18-11-14-19-12(4)13(5)23-14)17-9-10-24(21,22)20(7-2)8-3;/h6-11H2,1-5H3,(H2,16,17,18);1H. The summed E-state index contributed by atoms with van der Waals surface area (Å²) in [6, 6.07) is 0. The Balaban J connectivity index is 0.00000576. The highest BCUT2D eigenvalue weighted by Crippen LogP contribution is 2.16. The summed E-state index contributed by atoms with van der Waals surface area (Å²) in [6.07, 6.45) is 0. The van der Waals surface area contributed by atoms with Crippen LogP contribution in [0.1, 0.15) is 36.3 Å². The first kappa shape index (κ1) is 24.5. The number of rotatable bonds is 9. The van der Waals surface area contributed by atoms with Crippen LogP contribution in [0.15, 0.2) is 4.99 Å². The Labute approximate surface area is 172 Å². The minimum atomic E-state index is -3.22. The molecule has 0 unspecified atom stereocenters. The summed E-state index contributed by atoms with van der Waals surface area (Å²) in [5.74, 6) is 0.659. The molecule has 0 aliphatic rings. The summed E-state index contributed by atoms with van der Waals surface area (Å²) in [5, 5.41) is 7.16. The van der Waals surface area contributed by atoms with Crippen LogP contribution >= 0.6 is 35.3 Å². The van der Waals surface area contributed by atoms with Gasteiger partial charge in [-0.2, -0.15) is 0 Å². The molecule has 2 N–H and O–H groups in total. The van der Waals surface area contributed by atoms with Gasteiger partial charge in [-0.25, -0.2) is 22.7 Å². The van der Waals surface area contributed by atoms with Gasteiger partial charge in [0.1, 0.15) is 5.01 Å². The van der Waals surface area contributed by atoms with Crippen molar-refractivity contribution >= 4 is 51.3 Å². The van der Waals surface area contributed by atoms with E-state index < -0.39 is 10.0 Å². The molecular weight excluding hydrogens is 473 g/mol. The van der Waals surface area contributed by atoms with Crippen LogP contribution in [0.5, 0.6) is 0 Å². The fourth-order valence-corrected chi connectivity index (χ4v) is 4.40. The van der Waals surface area contributed by atoms with Crippen LogP contribution in [0, 0.1) is 13.8 Å². The van der Waals surface area contributed by atoms with E-state index in [-0.39, 0.29) is 29.7 Å². The molecule has 0 aliphatic heterocycles. The van der Waals surface area contributed by atoms with Gasteiger partial charge >= 0.3 is 0 Å². The van der Waals surface area contributed by atoms with Gasteiger partial charge in [0, 0.05) is 31.1 Å². The van der Waals surface area contributed by atoms with Crippen molar-refractivity contribution in [2.24, 2.45) is 4.99 Å². The monoisotopic (exact) mass is 503 g/mol. The van der Waals surface area contributed by atoms with Crippen LogP contribution in [0.25, 0.3) is 0 Å². The number of aliphatic imine (C=N–C) groups is 1. The number of nitrogens with zero attached hydrogens (tertiary/aromatic N) is 3. The topological polar surface area (TPSA) is 86.7 Å². The van der Waals surface area contributed by atoms with Crippen LogP contribution < -0.4 is 10.6 Å². The number of sulfonamides is 1. The fourth-order valence-electron chi connectivity index (χ4n) is 2.14. The van der Waals surface area contributed by atoms with Gasteiger partial charge in [0.15, 0.2) is 5.96 Å². The van der Waals surface area contributed by atoms with Crippen molar-refractivity contribution in [3.63, 3.8) is 0 Å². The molecule has 0 aliphatic carbocycles. The summed E-state index contributed by atoms with van der Waals surface area (Å²) in [6.45, 7) is 12.2. The second-order valence-electron chi connectivity index (χ2n) is 5.27. The number of hydrogen-bond donors (Lipinski definition) is 2. The summed E-state index contributed by atoms with van der Waals surface area (Å²) in [7, 11) is -3.22. The number of aromatic nitrogens is 1. The molecule has 0 amide bonds. The number of nitrogens with one attached hydrogen (secondary N) is 2. The lowest BCUT2D eigenvalue weighted by molar-refractivity contribution is 0.445. The van der Waals surface area contributed by atoms with Gasteiger partial charge in [-0.15, -0.1) is 35.3 Å². The quantitative estimate of drug-likeness (QED) is 0.306. The largest absolute Gasteiger partial charge is 0.357 e. The van der Waals surface area contributed by atoms with Crippen LogP contribution in [-0.4, -0.2) is 55.6 Å². The Morgan fingerprint density at radius 3 is 2.32 bits per heavy atom. The number of thiazole rings is 1. The highest BCUT2D eigenvalue weighted by molar-refractivity contribution is 14.0. The summed E-state index contributed by atoms with van der Waals surface area (Å²) < 4.78 is 25.8. The van der Waals surface area contributed by atoms with Gasteiger partial charge in [-0.1, -0.05) is 13.8 Å². The molecule has 146 valence electrons. The minimum absolute atomic E-state index is 0. The molecule has 0 saturated heterocycles. The lowest BCUT2D eigenvalue weighted by Gasteiger charge is -2.19. The molecule has 1 aromatic heterocycles. The Kier molecular flexibility index (Phi) is 11.8. The highest BCUT2D eigenvalue weighted by Gasteiger charge is 2.18. The van der Waals surface area contributed by atoms with E-state index in [2.05, 4.69) is 20.6 Å². The zero-order valence-corrected chi connectivity index (χ0v) is 19.6. The normalized spacial score (nSPS) is 12.2. The number of guanidine groups is 1. The average Bonchev–Trinajstić information content (AvgIpc) is 2.84. The van der Waals surface area contributed by atoms with Crippen molar-refractivity contribution in [3.8, 4) is 0 Å². The van der Waals surface area contributed by atoms with E-state index in [0.29, 0.717) is 38.7 Å². The zero-order chi connectivity index (χ0) is 18.2. The molecule has 7 nitrogen and oxygen atoms in total. The molecule has 0 aromatic carbocycles. The van der Waals surface area contributed by atoms with Crippen LogP contribution in [-0.2, 0) is 16.6 Å². The Hall–Kier alpha value is -0.460. The maximum absolute atomic E-state index is 12.2. The first-order valence-electron chi connectivity index (χ1n) is 8.26. The molecule has 0 radical (unpaired) electrons. The Bertz CT molecular complexity index is 623. The van der Waals surface area contributed by atoms with Gasteiger partial charge in [0.25, 0.3) is 0 Å². The van der Waals surface area contributed by atoms with Crippen molar-refractivity contribution in [1.29, 1.82) is 0 Å². The van der Waals surface area contributed by atoms with Crippen molar-refractivity contribution in [3.05, 3.63) is 15.6 Å². The number of hydrogen-bond acceptors (Lipinski definition) is 5. The van der Waals surface area contributed by atoms with E-state index in [1.54, 1.807) is 11.3 Å². The number of aryl methyl sites for hydroxylation is 2. The third-order valence-corrected chi connectivity index (χ3v) is 6.62. The third kappa shape index (κ3) is 8.18. The van der Waals surface area contributed by atoms with Crippen molar-refractivity contribution in [2.75, 3.05) is 31.9 Å². The van der Waals surface area contributed by atoms with E-state index in [9.17, 15) is 8.42 Å². The zero-order valence-electron chi connectivity index (χ0n) is 15.6. The highest BCUT2D eigenvalue weighted by atomic mass is 127. The van der Waals surface area contributed by atoms with Crippen molar-refractivity contribution in [1.82, 2.24) is 19.9 Å². The van der Waals surface area contributed by atoms with E-state index in [1.165, 1.54) is 9.18 Å². The molecule has 10 heteroatoms. The second kappa shape index (κ2) is 12.0. The smallest absolute Gasteiger partial charge is 0.215 e. The van der Waals surface area contributed by atoms with Gasteiger partial charge in [0.2, 0.25) is 10.0 Å².